The largest absolute Gasteiger partial charge is 0.491 e. The lowest BCUT2D eigenvalue weighted by Crippen LogP contribution is -2.02. The second-order valence-electron chi connectivity index (χ2n) is 14.3. The minimum Gasteiger partial charge on any atom is -0.491 e. The Balaban J connectivity index is 1.61. The number of hydrogen-bond acceptors (Lipinski definition) is 6. The van der Waals surface area contributed by atoms with Crippen LogP contribution in [0.3, 0.4) is 0 Å². The molecule has 0 unspecified atom stereocenters. The van der Waals surface area contributed by atoms with E-state index in [1.807, 2.05) is 0 Å². The molecule has 64 heavy (non-hydrogen) atoms. The van der Waals surface area contributed by atoms with Gasteiger partial charge in [0.2, 0.25) is 0 Å². The maximum atomic E-state index is 17.2. The molecule has 0 aliphatic carbocycles. The predicted octanol–water partition coefficient (Wildman–Crippen LogP) is 12.2. The normalized spacial score (nSPS) is 12.1. The summed E-state index contributed by atoms with van der Waals surface area (Å²) in [7, 11) is 4.14. The molecule has 9 rings (SSSR count). The molecule has 0 spiro atoms. The van der Waals surface area contributed by atoms with Gasteiger partial charge in [-0.15, -0.1) is 0 Å². The monoisotopic (exact) mass is 878 g/mol. The van der Waals surface area contributed by atoms with Gasteiger partial charge < -0.3 is 28.9 Å². The molecule has 5 heterocycles. The second kappa shape index (κ2) is 16.1. The van der Waals surface area contributed by atoms with Gasteiger partial charge in [0.15, 0.2) is 69.5 Å². The molecular formula is C48H30F8N4O4. The van der Waals surface area contributed by atoms with Crippen molar-refractivity contribution in [2.45, 2.75) is 0 Å². The van der Waals surface area contributed by atoms with Crippen LogP contribution in [0.1, 0.15) is 28.3 Å². The molecule has 0 saturated heterocycles. The van der Waals surface area contributed by atoms with Crippen molar-refractivity contribution in [3.8, 4) is 56.4 Å². The summed E-state index contributed by atoms with van der Waals surface area (Å²) in [5, 5.41) is 0. The number of benzene rings is 4. The zero-order valence-corrected chi connectivity index (χ0v) is 33.8. The van der Waals surface area contributed by atoms with Crippen LogP contribution in [0, 0.1) is 46.5 Å². The smallest absolute Gasteiger partial charge is 0.191 e. The van der Waals surface area contributed by atoms with Gasteiger partial charge in [0, 0.05) is 61.1 Å². The van der Waals surface area contributed by atoms with Gasteiger partial charge in [-0.2, -0.15) is 0 Å². The molecule has 8 nitrogen and oxygen atoms in total. The number of halogens is 8. The Hall–Kier alpha value is -7.88. The van der Waals surface area contributed by atoms with Crippen LogP contribution < -0.4 is 18.9 Å². The van der Waals surface area contributed by atoms with Gasteiger partial charge in [-0.05, 0) is 97.1 Å². The van der Waals surface area contributed by atoms with Gasteiger partial charge in [-0.3, -0.25) is 0 Å². The number of hydrogen-bond donors (Lipinski definition) is 2. The summed E-state index contributed by atoms with van der Waals surface area (Å²) < 4.78 is 149. The zero-order chi connectivity index (χ0) is 45.1. The maximum Gasteiger partial charge on any atom is 0.191 e. The molecule has 0 atom stereocenters. The quantitative estimate of drug-likeness (QED) is 0.148. The first-order chi connectivity index (χ1) is 30.8. The Kier molecular flexibility index (Phi) is 10.4. The standard InChI is InChI=1S/C48H30F8N4O4/c1-61-45-31(49)13-9-26(39(45)53)30-19-25-18-23-6-5-21(57-23)17-22-7-8-24(58-22)20-35-36(27-10-14-32(50)46(62-2)40(27)54)37(28-11-15-33(51)47(63-3)41(28)55)44(60-35)38(43(30)59-25)29-12-16-34(52)48(64-4)42(29)56/h5-20,57,60H,1-4H3. The van der Waals surface area contributed by atoms with Crippen LogP contribution in [0.2, 0.25) is 0 Å². The van der Waals surface area contributed by atoms with Crippen LogP contribution >= 0.6 is 0 Å². The molecule has 322 valence electrons. The zero-order valence-electron chi connectivity index (χ0n) is 33.8. The third-order valence-electron chi connectivity index (χ3n) is 10.7. The summed E-state index contributed by atoms with van der Waals surface area (Å²) >= 11 is 0. The van der Waals surface area contributed by atoms with Crippen LogP contribution in [0.5, 0.6) is 23.0 Å². The summed E-state index contributed by atoms with van der Waals surface area (Å²) in [6.07, 6.45) is 4.72. The molecule has 3 aromatic heterocycles. The van der Waals surface area contributed by atoms with E-state index in [-0.39, 0.29) is 55.9 Å². The second-order valence-corrected chi connectivity index (χ2v) is 14.3. The summed E-state index contributed by atoms with van der Waals surface area (Å²) in [6, 6.07) is 16.0. The number of aromatic amines is 2. The van der Waals surface area contributed by atoms with Gasteiger partial charge in [-0.1, -0.05) is 0 Å². The lowest BCUT2D eigenvalue weighted by molar-refractivity contribution is 0.359. The van der Waals surface area contributed by atoms with Crippen molar-refractivity contribution in [2.24, 2.45) is 0 Å². The fourth-order valence-corrected chi connectivity index (χ4v) is 7.94. The Bertz CT molecular complexity index is 3340. The van der Waals surface area contributed by atoms with E-state index in [0.717, 1.165) is 77.0 Å². The van der Waals surface area contributed by atoms with Gasteiger partial charge in [0.05, 0.1) is 56.7 Å². The average Bonchev–Trinajstić information content (AvgIpc) is 4.08. The van der Waals surface area contributed by atoms with Gasteiger partial charge in [0.1, 0.15) is 0 Å². The number of ether oxygens (including phenoxy) is 4. The number of H-pyrrole nitrogens is 2. The van der Waals surface area contributed by atoms with Crippen molar-refractivity contribution in [3.05, 3.63) is 154 Å². The first kappa shape index (κ1) is 41.5. The van der Waals surface area contributed by atoms with Crippen LogP contribution in [-0.4, -0.2) is 48.4 Å². The van der Waals surface area contributed by atoms with Crippen molar-refractivity contribution in [2.75, 3.05) is 28.4 Å². The van der Waals surface area contributed by atoms with Crippen LogP contribution in [0.15, 0.2) is 78.9 Å². The average molecular weight is 879 g/mol. The van der Waals surface area contributed by atoms with E-state index in [4.69, 9.17) is 23.9 Å². The topological polar surface area (TPSA) is 94.3 Å². The van der Waals surface area contributed by atoms with Crippen LogP contribution in [-0.2, 0) is 0 Å². The first-order valence-corrected chi connectivity index (χ1v) is 19.1. The van der Waals surface area contributed by atoms with Gasteiger partial charge in [-0.25, -0.2) is 45.1 Å². The number of rotatable bonds is 8. The molecule has 0 radical (unpaired) electrons. The van der Waals surface area contributed by atoms with Crippen molar-refractivity contribution in [1.29, 1.82) is 0 Å². The van der Waals surface area contributed by atoms with Crippen LogP contribution in [0.4, 0.5) is 35.1 Å². The van der Waals surface area contributed by atoms with E-state index in [1.54, 1.807) is 36.4 Å². The molecule has 4 aromatic carbocycles. The Morgan fingerprint density at radius 1 is 0.422 bits per heavy atom. The van der Waals surface area contributed by atoms with E-state index in [2.05, 4.69) is 15.0 Å². The third-order valence-corrected chi connectivity index (χ3v) is 10.7. The molecule has 0 amide bonds. The van der Waals surface area contributed by atoms with E-state index in [1.165, 1.54) is 12.1 Å². The van der Waals surface area contributed by atoms with E-state index in [0.29, 0.717) is 16.7 Å². The summed E-state index contributed by atoms with van der Waals surface area (Å²) in [5.74, 6) is -12.7. The molecule has 0 fully saturated rings. The molecule has 0 saturated carbocycles. The molecule has 16 heteroatoms. The molecular weight excluding hydrogens is 849 g/mol. The number of fused-ring (bicyclic) bond motifs is 8. The predicted molar refractivity (Wildman–Crippen MR) is 226 cm³/mol. The van der Waals surface area contributed by atoms with Crippen molar-refractivity contribution in [3.63, 3.8) is 0 Å². The molecule has 2 N–H and O–H groups in total. The van der Waals surface area contributed by atoms with Crippen molar-refractivity contribution in [1.82, 2.24) is 19.9 Å². The fraction of sp³-hybridized carbons (Fsp3) is 0.0833. The summed E-state index contributed by atoms with van der Waals surface area (Å²) in [4.78, 5) is 15.9. The lowest BCUT2D eigenvalue weighted by Gasteiger charge is -2.16. The molecule has 2 aliphatic rings. The highest BCUT2D eigenvalue weighted by Crippen LogP contribution is 2.50. The van der Waals surface area contributed by atoms with Gasteiger partial charge >= 0.3 is 0 Å². The van der Waals surface area contributed by atoms with Crippen LogP contribution in [0.25, 0.3) is 79.2 Å². The van der Waals surface area contributed by atoms with E-state index in [9.17, 15) is 0 Å². The Morgan fingerprint density at radius 3 is 1.34 bits per heavy atom. The molecule has 2 aliphatic heterocycles. The van der Waals surface area contributed by atoms with Crippen molar-refractivity contribution >= 4 is 45.9 Å². The first-order valence-electron chi connectivity index (χ1n) is 19.1. The Labute approximate surface area is 357 Å². The summed E-state index contributed by atoms with van der Waals surface area (Å²) in [6.45, 7) is 0. The number of methoxy groups -OCH3 is 4. The Morgan fingerprint density at radius 2 is 0.844 bits per heavy atom. The van der Waals surface area contributed by atoms with E-state index >= 15 is 35.1 Å². The van der Waals surface area contributed by atoms with Gasteiger partial charge in [0.25, 0.3) is 0 Å². The maximum absolute atomic E-state index is 17.2. The number of nitrogens with one attached hydrogen (secondary N) is 2. The lowest BCUT2D eigenvalue weighted by atomic mass is 9.90. The third kappa shape index (κ3) is 6.78. The fourth-order valence-electron chi connectivity index (χ4n) is 7.94. The summed E-state index contributed by atoms with van der Waals surface area (Å²) in [5.41, 5.74) is -1.30. The highest BCUT2D eigenvalue weighted by Gasteiger charge is 2.32. The molecule has 7 aromatic rings. The highest BCUT2D eigenvalue weighted by molar-refractivity contribution is 6.11. The SMILES string of the molecule is COc1c(F)ccc(C2=Cc3cc4ccc(cc5nc(cc6[nH]c(c(-c7ccc(F)c(OC)c7F)c2n3)c(-c2ccc(F)c(OC)c2F)c6-c2ccc(F)c(OC)c2F)C=C5)[nH]4)c1F. The van der Waals surface area contributed by atoms with E-state index < -0.39 is 86.2 Å². The highest BCUT2D eigenvalue weighted by atomic mass is 19.2. The molecule has 8 bridgehead atoms. The number of nitrogens with zero attached hydrogens (tertiary/aromatic N) is 2. The number of aromatic nitrogens is 4. The minimum atomic E-state index is -1.31. The minimum absolute atomic E-state index is 0.0549. The van der Waals surface area contributed by atoms with Crippen molar-refractivity contribution < 1.29 is 54.1 Å².